The zero-order valence-corrected chi connectivity index (χ0v) is 10.6. The SMILES string of the molecule is COc1cccc(CCSC2CCNC2)c1. The molecular weight excluding hydrogens is 218 g/mol. The van der Waals surface area contributed by atoms with Gasteiger partial charge in [-0.15, -0.1) is 0 Å². The Labute approximate surface area is 102 Å². The van der Waals surface area contributed by atoms with Crippen LogP contribution in [0.1, 0.15) is 12.0 Å². The van der Waals surface area contributed by atoms with Gasteiger partial charge in [-0.1, -0.05) is 12.1 Å². The highest BCUT2D eigenvalue weighted by molar-refractivity contribution is 7.99. The molecule has 1 aromatic carbocycles. The van der Waals surface area contributed by atoms with E-state index in [4.69, 9.17) is 4.74 Å². The van der Waals surface area contributed by atoms with Crippen LogP contribution in [0.15, 0.2) is 24.3 Å². The number of thioether (sulfide) groups is 1. The Morgan fingerprint density at radius 3 is 3.19 bits per heavy atom. The minimum absolute atomic E-state index is 0.825. The number of methoxy groups -OCH3 is 1. The van der Waals surface area contributed by atoms with Crippen LogP contribution in [0.3, 0.4) is 0 Å². The lowest BCUT2D eigenvalue weighted by molar-refractivity contribution is 0.414. The van der Waals surface area contributed by atoms with E-state index < -0.39 is 0 Å². The fourth-order valence-corrected chi connectivity index (χ4v) is 3.15. The number of hydrogen-bond acceptors (Lipinski definition) is 3. The summed E-state index contributed by atoms with van der Waals surface area (Å²) in [4.78, 5) is 0. The Hall–Kier alpha value is -0.670. The molecule has 1 heterocycles. The molecule has 0 bridgehead atoms. The molecule has 0 radical (unpaired) electrons. The van der Waals surface area contributed by atoms with Gasteiger partial charge in [-0.2, -0.15) is 11.8 Å². The van der Waals surface area contributed by atoms with Crippen LogP contribution in [0, 0.1) is 0 Å². The van der Waals surface area contributed by atoms with E-state index >= 15 is 0 Å². The van der Waals surface area contributed by atoms with Gasteiger partial charge in [-0.05, 0) is 42.8 Å². The Morgan fingerprint density at radius 2 is 2.44 bits per heavy atom. The summed E-state index contributed by atoms with van der Waals surface area (Å²) in [5.74, 6) is 2.17. The maximum atomic E-state index is 5.22. The van der Waals surface area contributed by atoms with Crippen molar-refractivity contribution in [2.45, 2.75) is 18.1 Å². The zero-order chi connectivity index (χ0) is 11.2. The van der Waals surface area contributed by atoms with Crippen LogP contribution in [-0.4, -0.2) is 31.2 Å². The van der Waals surface area contributed by atoms with Crippen molar-refractivity contribution in [2.75, 3.05) is 26.0 Å². The first-order valence-electron chi connectivity index (χ1n) is 5.84. The summed E-state index contributed by atoms with van der Waals surface area (Å²) < 4.78 is 5.22. The van der Waals surface area contributed by atoms with Crippen molar-refractivity contribution in [3.63, 3.8) is 0 Å². The number of ether oxygens (including phenoxy) is 1. The Balaban J connectivity index is 1.75. The lowest BCUT2D eigenvalue weighted by atomic mass is 10.2. The Bertz CT molecular complexity index is 323. The average Bonchev–Trinajstić information content (AvgIpc) is 2.82. The van der Waals surface area contributed by atoms with Crippen LogP contribution in [0.25, 0.3) is 0 Å². The number of hydrogen-bond donors (Lipinski definition) is 1. The molecule has 2 rings (SSSR count). The molecule has 1 aliphatic rings. The van der Waals surface area contributed by atoms with Crippen LogP contribution in [0.5, 0.6) is 5.75 Å². The van der Waals surface area contributed by atoms with Crippen LogP contribution in [0.2, 0.25) is 0 Å². The number of rotatable bonds is 5. The third-order valence-corrected chi connectivity index (χ3v) is 4.21. The molecule has 0 spiro atoms. The molecule has 1 aliphatic heterocycles. The fourth-order valence-electron chi connectivity index (χ4n) is 1.94. The quantitative estimate of drug-likeness (QED) is 0.849. The molecule has 3 heteroatoms. The molecule has 88 valence electrons. The van der Waals surface area contributed by atoms with E-state index in [0.29, 0.717) is 0 Å². The van der Waals surface area contributed by atoms with Crippen LogP contribution in [0.4, 0.5) is 0 Å². The van der Waals surface area contributed by atoms with Gasteiger partial charge in [0, 0.05) is 11.8 Å². The van der Waals surface area contributed by atoms with Gasteiger partial charge in [0.15, 0.2) is 0 Å². The van der Waals surface area contributed by atoms with Crippen molar-refractivity contribution in [3.8, 4) is 5.75 Å². The average molecular weight is 237 g/mol. The molecule has 1 N–H and O–H groups in total. The maximum Gasteiger partial charge on any atom is 0.119 e. The summed E-state index contributed by atoms with van der Waals surface area (Å²) in [7, 11) is 1.72. The maximum absolute atomic E-state index is 5.22. The summed E-state index contributed by atoms with van der Waals surface area (Å²) >= 11 is 2.09. The van der Waals surface area contributed by atoms with E-state index in [0.717, 1.165) is 17.4 Å². The topological polar surface area (TPSA) is 21.3 Å². The van der Waals surface area contributed by atoms with Gasteiger partial charge in [0.1, 0.15) is 5.75 Å². The highest BCUT2D eigenvalue weighted by atomic mass is 32.2. The summed E-state index contributed by atoms with van der Waals surface area (Å²) in [6.07, 6.45) is 2.46. The molecule has 1 fully saturated rings. The second-order valence-corrected chi connectivity index (χ2v) is 5.50. The van der Waals surface area contributed by atoms with Gasteiger partial charge >= 0.3 is 0 Å². The summed E-state index contributed by atoms with van der Waals surface area (Å²) in [6, 6.07) is 8.37. The Morgan fingerprint density at radius 1 is 1.50 bits per heavy atom. The largest absolute Gasteiger partial charge is 0.497 e. The summed E-state index contributed by atoms with van der Waals surface area (Å²) in [6.45, 7) is 2.37. The van der Waals surface area contributed by atoms with Gasteiger partial charge in [-0.3, -0.25) is 0 Å². The number of aryl methyl sites for hydroxylation is 1. The molecule has 1 saturated heterocycles. The van der Waals surface area contributed by atoms with E-state index in [-0.39, 0.29) is 0 Å². The van der Waals surface area contributed by atoms with Crippen molar-refractivity contribution < 1.29 is 4.74 Å². The lowest BCUT2D eigenvalue weighted by Crippen LogP contribution is -2.10. The van der Waals surface area contributed by atoms with E-state index in [2.05, 4.69) is 35.3 Å². The predicted octanol–water partition coefficient (Wildman–Crippen LogP) is 2.33. The fraction of sp³-hybridized carbons (Fsp3) is 0.538. The molecule has 0 aliphatic carbocycles. The monoisotopic (exact) mass is 237 g/mol. The van der Waals surface area contributed by atoms with Crippen molar-refractivity contribution >= 4 is 11.8 Å². The second kappa shape index (κ2) is 6.16. The molecule has 0 aromatic heterocycles. The molecule has 2 nitrogen and oxygen atoms in total. The minimum Gasteiger partial charge on any atom is -0.497 e. The lowest BCUT2D eigenvalue weighted by Gasteiger charge is -2.08. The standard InChI is InChI=1S/C13H19NOS/c1-15-12-4-2-3-11(9-12)6-8-16-13-5-7-14-10-13/h2-4,9,13-14H,5-8,10H2,1H3. The van der Waals surface area contributed by atoms with Crippen molar-refractivity contribution in [1.82, 2.24) is 5.32 Å². The van der Waals surface area contributed by atoms with Crippen LogP contribution in [-0.2, 0) is 6.42 Å². The van der Waals surface area contributed by atoms with Gasteiger partial charge in [-0.25, -0.2) is 0 Å². The van der Waals surface area contributed by atoms with Crippen molar-refractivity contribution in [2.24, 2.45) is 0 Å². The van der Waals surface area contributed by atoms with Crippen LogP contribution < -0.4 is 10.1 Å². The Kier molecular flexibility index (Phi) is 4.55. The predicted molar refractivity (Wildman–Crippen MR) is 70.4 cm³/mol. The zero-order valence-electron chi connectivity index (χ0n) is 9.74. The molecule has 1 aromatic rings. The number of nitrogens with one attached hydrogen (secondary N) is 1. The van der Waals surface area contributed by atoms with Gasteiger partial charge in [0.05, 0.1) is 7.11 Å². The van der Waals surface area contributed by atoms with Gasteiger partial charge in [0.2, 0.25) is 0 Å². The molecule has 16 heavy (non-hydrogen) atoms. The van der Waals surface area contributed by atoms with Crippen molar-refractivity contribution in [1.29, 1.82) is 0 Å². The first-order chi connectivity index (χ1) is 7.88. The summed E-state index contributed by atoms with van der Waals surface area (Å²) in [5, 5.41) is 4.22. The van der Waals surface area contributed by atoms with E-state index in [9.17, 15) is 0 Å². The smallest absolute Gasteiger partial charge is 0.119 e. The van der Waals surface area contributed by atoms with Gasteiger partial charge < -0.3 is 10.1 Å². The minimum atomic E-state index is 0.825. The van der Waals surface area contributed by atoms with Gasteiger partial charge in [0.25, 0.3) is 0 Å². The van der Waals surface area contributed by atoms with E-state index in [1.54, 1.807) is 7.11 Å². The van der Waals surface area contributed by atoms with Crippen LogP contribution >= 0.6 is 11.8 Å². The first-order valence-corrected chi connectivity index (χ1v) is 6.88. The highest BCUT2D eigenvalue weighted by Gasteiger charge is 2.13. The third kappa shape index (κ3) is 3.42. The molecule has 1 unspecified atom stereocenters. The second-order valence-electron chi connectivity index (χ2n) is 4.09. The molecule has 0 amide bonds. The van der Waals surface area contributed by atoms with E-state index in [1.807, 2.05) is 6.07 Å². The summed E-state index contributed by atoms with van der Waals surface area (Å²) in [5.41, 5.74) is 1.37. The first kappa shape index (κ1) is 11.8. The van der Waals surface area contributed by atoms with E-state index in [1.165, 1.54) is 30.8 Å². The van der Waals surface area contributed by atoms with Crippen molar-refractivity contribution in [3.05, 3.63) is 29.8 Å². The normalized spacial score (nSPS) is 19.9. The molecular formula is C13H19NOS. The number of benzene rings is 1. The molecule has 1 atom stereocenters. The molecule has 0 saturated carbocycles. The third-order valence-electron chi connectivity index (χ3n) is 2.89. The highest BCUT2D eigenvalue weighted by Crippen LogP contribution is 2.20.